The average Bonchev–Trinajstić information content (AvgIpc) is 2.30. The molecule has 7 nitrogen and oxygen atoms in total. The van der Waals surface area contributed by atoms with Crippen LogP contribution in [0.4, 0.5) is 4.79 Å². The highest BCUT2D eigenvalue weighted by atomic mass is 79.9. The van der Waals surface area contributed by atoms with Gasteiger partial charge in [0.25, 0.3) is 10.1 Å². The summed E-state index contributed by atoms with van der Waals surface area (Å²) in [5.41, 5.74) is -1.13. The van der Waals surface area contributed by atoms with E-state index in [0.29, 0.717) is 10.0 Å². The molecular formula is C14H19BrN2O5S. The number of rotatable bonds is 3. The van der Waals surface area contributed by atoms with Gasteiger partial charge in [-0.05, 0) is 42.8 Å². The van der Waals surface area contributed by atoms with E-state index in [1.807, 2.05) is 0 Å². The van der Waals surface area contributed by atoms with E-state index < -0.39 is 27.4 Å². The summed E-state index contributed by atoms with van der Waals surface area (Å²) in [5.74, 6) is 0. The summed E-state index contributed by atoms with van der Waals surface area (Å²) in [5, 5.41) is 0. The van der Waals surface area contributed by atoms with E-state index in [4.69, 9.17) is 8.92 Å². The molecule has 1 aliphatic rings. The van der Waals surface area contributed by atoms with Crippen molar-refractivity contribution in [1.82, 2.24) is 9.88 Å². The lowest BCUT2D eigenvalue weighted by atomic mass is 9.87. The number of ether oxygens (including phenoxy) is 1. The molecule has 1 aliphatic heterocycles. The van der Waals surface area contributed by atoms with Crippen molar-refractivity contribution in [2.24, 2.45) is 0 Å². The first-order valence-corrected chi connectivity index (χ1v) is 9.51. The minimum absolute atomic E-state index is 0.0809. The molecule has 0 atom stereocenters. The van der Waals surface area contributed by atoms with Crippen LogP contribution in [0.2, 0.25) is 0 Å². The number of amides is 1. The van der Waals surface area contributed by atoms with Gasteiger partial charge < -0.3 is 9.64 Å². The lowest BCUT2D eigenvalue weighted by Crippen LogP contribution is -2.63. The molecule has 0 spiro atoms. The number of carbonyl (C=O) groups is 1. The lowest BCUT2D eigenvalue weighted by molar-refractivity contribution is -0.0831. The van der Waals surface area contributed by atoms with Gasteiger partial charge in [-0.3, -0.25) is 9.17 Å². The summed E-state index contributed by atoms with van der Waals surface area (Å²) in [6.07, 6.45) is 3.58. The summed E-state index contributed by atoms with van der Waals surface area (Å²) >= 11 is 3.35. The summed E-state index contributed by atoms with van der Waals surface area (Å²) in [6, 6.07) is 1.67. The van der Waals surface area contributed by atoms with Crippen LogP contribution in [0.15, 0.2) is 22.9 Å². The van der Waals surface area contributed by atoms with E-state index in [2.05, 4.69) is 20.9 Å². The normalized spacial score (nSPS) is 17.5. The van der Waals surface area contributed by atoms with Gasteiger partial charge in [0.2, 0.25) is 0 Å². The molecule has 0 N–H and O–H groups in total. The fourth-order valence-corrected chi connectivity index (χ4v) is 3.71. The van der Waals surface area contributed by atoms with Gasteiger partial charge in [0.05, 0.1) is 19.3 Å². The number of carbonyl (C=O) groups excluding carboxylic acids is 1. The number of aromatic nitrogens is 1. The predicted octanol–water partition coefficient (Wildman–Crippen LogP) is 2.27. The topological polar surface area (TPSA) is 85.8 Å². The number of likely N-dealkylation sites (tertiary alicyclic amines) is 1. The number of hydrogen-bond acceptors (Lipinski definition) is 6. The van der Waals surface area contributed by atoms with Crippen LogP contribution in [-0.4, -0.2) is 49.3 Å². The summed E-state index contributed by atoms with van der Waals surface area (Å²) < 4.78 is 34.5. The Morgan fingerprint density at radius 2 is 2.00 bits per heavy atom. The van der Waals surface area contributed by atoms with Crippen molar-refractivity contribution in [3.05, 3.63) is 28.5 Å². The van der Waals surface area contributed by atoms with Gasteiger partial charge in [0, 0.05) is 22.4 Å². The Kier molecular flexibility index (Phi) is 4.76. The molecule has 1 aromatic rings. The third-order valence-corrected chi connectivity index (χ3v) is 4.37. The summed E-state index contributed by atoms with van der Waals surface area (Å²) in [7, 11) is -3.71. The first-order chi connectivity index (χ1) is 10.4. The van der Waals surface area contributed by atoms with Crippen LogP contribution in [0.1, 0.15) is 26.3 Å². The van der Waals surface area contributed by atoms with Crippen molar-refractivity contribution in [1.29, 1.82) is 0 Å². The summed E-state index contributed by atoms with van der Waals surface area (Å²) in [6.45, 7) is 5.47. The second-order valence-corrected chi connectivity index (χ2v) is 8.90. The number of hydrogen-bond donors (Lipinski definition) is 0. The predicted molar refractivity (Wildman–Crippen MR) is 87.4 cm³/mol. The van der Waals surface area contributed by atoms with Crippen molar-refractivity contribution in [2.45, 2.75) is 32.0 Å². The molecule has 23 heavy (non-hydrogen) atoms. The van der Waals surface area contributed by atoms with Gasteiger partial charge in [0.1, 0.15) is 11.2 Å². The van der Waals surface area contributed by atoms with Gasteiger partial charge in [-0.25, -0.2) is 4.79 Å². The highest BCUT2D eigenvalue weighted by Crippen LogP contribution is 2.40. The number of pyridine rings is 1. The van der Waals surface area contributed by atoms with Crippen LogP contribution in [0.3, 0.4) is 0 Å². The number of nitrogens with zero attached hydrogens (tertiary/aromatic N) is 2. The first-order valence-electron chi connectivity index (χ1n) is 6.90. The first kappa shape index (κ1) is 18.2. The van der Waals surface area contributed by atoms with Gasteiger partial charge in [0.15, 0.2) is 0 Å². The maximum atomic E-state index is 12.1. The highest BCUT2D eigenvalue weighted by Gasteiger charge is 2.52. The molecule has 1 amide bonds. The zero-order valence-corrected chi connectivity index (χ0v) is 15.8. The molecule has 2 heterocycles. The molecule has 0 aliphatic carbocycles. The van der Waals surface area contributed by atoms with Crippen molar-refractivity contribution in [3.63, 3.8) is 0 Å². The van der Waals surface area contributed by atoms with E-state index >= 15 is 0 Å². The quantitative estimate of drug-likeness (QED) is 0.715. The zero-order chi connectivity index (χ0) is 17.5. The molecule has 1 aromatic heterocycles. The molecule has 2 rings (SSSR count). The van der Waals surface area contributed by atoms with E-state index in [0.717, 1.165) is 6.26 Å². The van der Waals surface area contributed by atoms with E-state index in [9.17, 15) is 13.2 Å². The Balaban J connectivity index is 2.24. The minimum atomic E-state index is -3.71. The van der Waals surface area contributed by atoms with Crippen LogP contribution in [0, 0.1) is 0 Å². The maximum absolute atomic E-state index is 12.1. The third-order valence-electron chi connectivity index (χ3n) is 3.12. The smallest absolute Gasteiger partial charge is 0.410 e. The van der Waals surface area contributed by atoms with Gasteiger partial charge in [-0.15, -0.1) is 0 Å². The Bertz CT molecular complexity index is 708. The molecule has 0 bridgehead atoms. The largest absolute Gasteiger partial charge is 0.444 e. The second-order valence-electron chi connectivity index (χ2n) is 6.47. The number of halogens is 1. The van der Waals surface area contributed by atoms with Crippen LogP contribution < -0.4 is 0 Å². The molecule has 0 unspecified atom stereocenters. The monoisotopic (exact) mass is 406 g/mol. The van der Waals surface area contributed by atoms with Crippen molar-refractivity contribution >= 4 is 32.1 Å². The van der Waals surface area contributed by atoms with E-state index in [-0.39, 0.29) is 13.1 Å². The summed E-state index contributed by atoms with van der Waals surface area (Å²) in [4.78, 5) is 17.5. The Morgan fingerprint density at radius 3 is 2.48 bits per heavy atom. The van der Waals surface area contributed by atoms with Crippen molar-refractivity contribution < 1.29 is 22.1 Å². The lowest BCUT2D eigenvalue weighted by Gasteiger charge is -2.48. The Hall–Kier alpha value is -1.19. The fraction of sp³-hybridized carbons (Fsp3) is 0.571. The Labute approximate surface area is 144 Å². The Morgan fingerprint density at radius 1 is 1.39 bits per heavy atom. The molecule has 128 valence electrons. The maximum Gasteiger partial charge on any atom is 0.410 e. The average molecular weight is 407 g/mol. The van der Waals surface area contributed by atoms with Crippen LogP contribution in [0.5, 0.6) is 0 Å². The van der Waals surface area contributed by atoms with Crippen molar-refractivity contribution in [2.75, 3.05) is 19.3 Å². The molecule has 0 radical (unpaired) electrons. The zero-order valence-electron chi connectivity index (χ0n) is 13.4. The highest BCUT2D eigenvalue weighted by molar-refractivity contribution is 9.10. The molecule has 9 heteroatoms. The van der Waals surface area contributed by atoms with E-state index in [1.54, 1.807) is 39.2 Å². The molecular weight excluding hydrogens is 388 g/mol. The fourth-order valence-electron chi connectivity index (χ4n) is 2.33. The SMILES string of the molecule is CC(C)(C)OC(=O)N1CC(OS(C)(=O)=O)(c2ccncc2Br)C1. The standard InChI is InChI=1S/C14H19BrN2O5S/c1-13(2,3)21-12(18)17-8-14(9-17,22-23(4,19)20)10-5-6-16-7-11(10)15/h5-7H,8-9H2,1-4H3. The molecule has 1 fully saturated rings. The van der Waals surface area contributed by atoms with Crippen LogP contribution >= 0.6 is 15.9 Å². The van der Waals surface area contributed by atoms with Crippen LogP contribution in [0.25, 0.3) is 0 Å². The van der Waals surface area contributed by atoms with Crippen LogP contribution in [-0.2, 0) is 24.6 Å². The van der Waals surface area contributed by atoms with Crippen molar-refractivity contribution in [3.8, 4) is 0 Å². The third kappa shape index (κ3) is 4.42. The second kappa shape index (κ2) is 6.03. The molecule has 0 aromatic carbocycles. The van der Waals surface area contributed by atoms with Gasteiger partial charge in [-0.1, -0.05) is 0 Å². The minimum Gasteiger partial charge on any atom is -0.444 e. The molecule has 1 saturated heterocycles. The van der Waals surface area contributed by atoms with Gasteiger partial charge in [-0.2, -0.15) is 8.42 Å². The van der Waals surface area contributed by atoms with Gasteiger partial charge >= 0.3 is 6.09 Å². The molecule has 0 saturated carbocycles. The van der Waals surface area contributed by atoms with E-state index in [1.165, 1.54) is 4.90 Å².